The summed E-state index contributed by atoms with van der Waals surface area (Å²) in [6.45, 7) is 9.00. The highest BCUT2D eigenvalue weighted by Gasteiger charge is 2.16. The van der Waals surface area contributed by atoms with Crippen LogP contribution in [0.25, 0.3) is 0 Å². The van der Waals surface area contributed by atoms with Gasteiger partial charge in [0.15, 0.2) is 0 Å². The first-order valence-electron chi connectivity index (χ1n) is 6.33. The van der Waals surface area contributed by atoms with Crippen LogP contribution in [-0.2, 0) is 6.54 Å². The minimum atomic E-state index is 0.777. The average molecular weight is 254 g/mol. The molecule has 17 heavy (non-hydrogen) atoms. The Hall–Kier alpha value is -0.640. The molecule has 1 aliphatic rings. The van der Waals surface area contributed by atoms with Crippen molar-refractivity contribution in [1.82, 2.24) is 14.8 Å². The largest absolute Gasteiger partial charge is 0.301 e. The van der Waals surface area contributed by atoms with Crippen LogP contribution in [0.15, 0.2) is 18.3 Å². The van der Waals surface area contributed by atoms with Crippen molar-refractivity contribution in [2.75, 3.05) is 32.7 Å². The molecule has 0 aromatic carbocycles. The summed E-state index contributed by atoms with van der Waals surface area (Å²) in [4.78, 5) is 9.33. The van der Waals surface area contributed by atoms with E-state index in [2.05, 4.69) is 21.7 Å². The van der Waals surface area contributed by atoms with Crippen LogP contribution < -0.4 is 0 Å². The van der Waals surface area contributed by atoms with E-state index >= 15 is 0 Å². The molecular weight excluding hydrogens is 234 g/mol. The van der Waals surface area contributed by atoms with E-state index < -0.39 is 0 Å². The number of piperazine rings is 1. The van der Waals surface area contributed by atoms with E-state index in [1.807, 2.05) is 12.1 Å². The highest BCUT2D eigenvalue weighted by Crippen LogP contribution is 2.11. The zero-order valence-electron chi connectivity index (χ0n) is 10.4. The molecule has 0 unspecified atom stereocenters. The summed E-state index contributed by atoms with van der Waals surface area (Å²) in [6.07, 6.45) is 3.03. The molecule has 1 aromatic rings. The molecular formula is C13H20ClN3. The third-order valence-corrected chi connectivity index (χ3v) is 3.40. The molecule has 0 aliphatic carbocycles. The van der Waals surface area contributed by atoms with Gasteiger partial charge in [-0.2, -0.15) is 0 Å². The van der Waals surface area contributed by atoms with Crippen LogP contribution in [0.1, 0.15) is 19.0 Å². The van der Waals surface area contributed by atoms with Crippen LogP contribution in [0.3, 0.4) is 0 Å². The highest BCUT2D eigenvalue weighted by atomic mass is 35.5. The van der Waals surface area contributed by atoms with E-state index in [1.165, 1.54) is 26.1 Å². The molecule has 0 spiro atoms. The summed E-state index contributed by atoms with van der Waals surface area (Å²) in [5.74, 6) is 0. The van der Waals surface area contributed by atoms with Crippen LogP contribution in [0.5, 0.6) is 0 Å². The fourth-order valence-corrected chi connectivity index (χ4v) is 2.43. The van der Waals surface area contributed by atoms with Gasteiger partial charge < -0.3 is 4.90 Å². The summed E-state index contributed by atoms with van der Waals surface area (Å²) in [6, 6.07) is 3.78. The quantitative estimate of drug-likeness (QED) is 0.821. The maximum absolute atomic E-state index is 5.96. The van der Waals surface area contributed by atoms with E-state index in [1.54, 1.807) is 6.20 Å². The lowest BCUT2D eigenvalue weighted by atomic mass is 10.2. The zero-order valence-corrected chi connectivity index (χ0v) is 11.2. The van der Waals surface area contributed by atoms with Gasteiger partial charge in [0.05, 0.1) is 5.69 Å². The summed E-state index contributed by atoms with van der Waals surface area (Å²) >= 11 is 5.96. The number of nitrogens with zero attached hydrogens (tertiary/aromatic N) is 3. The molecule has 0 amide bonds. The standard InChI is InChI=1S/C13H20ClN3/c1-2-5-16-6-8-17(9-7-16)11-13-10-12(14)3-4-15-13/h3-4,10H,2,5-9,11H2,1H3. The van der Waals surface area contributed by atoms with Gasteiger partial charge in [0.2, 0.25) is 0 Å². The molecule has 2 rings (SSSR count). The van der Waals surface area contributed by atoms with Crippen molar-refractivity contribution in [3.05, 3.63) is 29.0 Å². The Bertz CT molecular complexity index is 348. The maximum Gasteiger partial charge on any atom is 0.0558 e. The van der Waals surface area contributed by atoms with E-state index in [9.17, 15) is 0 Å². The lowest BCUT2D eigenvalue weighted by Crippen LogP contribution is -2.46. The molecule has 1 fully saturated rings. The smallest absolute Gasteiger partial charge is 0.0558 e. The van der Waals surface area contributed by atoms with Crippen LogP contribution in [0.2, 0.25) is 5.02 Å². The van der Waals surface area contributed by atoms with E-state index in [4.69, 9.17) is 11.6 Å². The Balaban J connectivity index is 1.82. The van der Waals surface area contributed by atoms with Gasteiger partial charge in [0.1, 0.15) is 0 Å². The number of rotatable bonds is 4. The first kappa shape index (κ1) is 12.8. The fourth-order valence-electron chi connectivity index (χ4n) is 2.25. The number of aromatic nitrogens is 1. The van der Waals surface area contributed by atoms with Gasteiger partial charge in [0.25, 0.3) is 0 Å². The molecule has 1 aliphatic heterocycles. The Morgan fingerprint density at radius 2 is 1.94 bits per heavy atom. The predicted octanol–water partition coefficient (Wildman–Crippen LogP) is 2.26. The Morgan fingerprint density at radius 3 is 2.59 bits per heavy atom. The molecule has 2 heterocycles. The minimum absolute atomic E-state index is 0.777. The third kappa shape index (κ3) is 3.95. The predicted molar refractivity (Wildman–Crippen MR) is 71.3 cm³/mol. The van der Waals surface area contributed by atoms with Gasteiger partial charge in [0, 0.05) is 43.9 Å². The first-order valence-corrected chi connectivity index (χ1v) is 6.71. The highest BCUT2D eigenvalue weighted by molar-refractivity contribution is 6.30. The summed E-state index contributed by atoms with van der Waals surface area (Å²) in [5, 5.41) is 0.777. The van der Waals surface area contributed by atoms with Crippen molar-refractivity contribution in [2.45, 2.75) is 19.9 Å². The second-order valence-corrected chi connectivity index (χ2v) is 5.02. The van der Waals surface area contributed by atoms with Crippen molar-refractivity contribution in [3.8, 4) is 0 Å². The topological polar surface area (TPSA) is 19.4 Å². The second-order valence-electron chi connectivity index (χ2n) is 4.58. The Morgan fingerprint density at radius 1 is 1.24 bits per heavy atom. The monoisotopic (exact) mass is 253 g/mol. The molecule has 1 saturated heterocycles. The molecule has 0 bridgehead atoms. The van der Waals surface area contributed by atoms with Gasteiger partial charge in [-0.25, -0.2) is 0 Å². The Kier molecular flexibility index (Phi) is 4.77. The van der Waals surface area contributed by atoms with Crippen LogP contribution in [-0.4, -0.2) is 47.5 Å². The van der Waals surface area contributed by atoms with Crippen LogP contribution >= 0.6 is 11.6 Å². The number of hydrogen-bond donors (Lipinski definition) is 0. The molecule has 94 valence electrons. The summed E-state index contributed by atoms with van der Waals surface area (Å²) in [7, 11) is 0. The van der Waals surface area contributed by atoms with Gasteiger partial charge in [-0.15, -0.1) is 0 Å². The van der Waals surface area contributed by atoms with Crippen molar-refractivity contribution >= 4 is 11.6 Å². The van der Waals surface area contributed by atoms with Gasteiger partial charge in [-0.1, -0.05) is 18.5 Å². The third-order valence-electron chi connectivity index (χ3n) is 3.17. The normalized spacial score (nSPS) is 18.5. The molecule has 3 nitrogen and oxygen atoms in total. The lowest BCUT2D eigenvalue weighted by molar-refractivity contribution is 0.126. The first-order chi connectivity index (χ1) is 8.28. The van der Waals surface area contributed by atoms with Crippen molar-refractivity contribution < 1.29 is 0 Å². The molecule has 0 saturated carbocycles. The molecule has 0 atom stereocenters. The molecule has 0 radical (unpaired) electrons. The van der Waals surface area contributed by atoms with Gasteiger partial charge in [-0.05, 0) is 25.1 Å². The van der Waals surface area contributed by atoms with E-state index in [0.717, 1.165) is 30.4 Å². The number of halogens is 1. The SMILES string of the molecule is CCCN1CCN(Cc2cc(Cl)ccn2)CC1. The summed E-state index contributed by atoms with van der Waals surface area (Å²) in [5.41, 5.74) is 1.07. The van der Waals surface area contributed by atoms with E-state index in [0.29, 0.717) is 0 Å². The zero-order chi connectivity index (χ0) is 12.1. The van der Waals surface area contributed by atoms with Gasteiger partial charge >= 0.3 is 0 Å². The summed E-state index contributed by atoms with van der Waals surface area (Å²) < 4.78 is 0. The molecule has 0 N–H and O–H groups in total. The van der Waals surface area contributed by atoms with Gasteiger partial charge in [-0.3, -0.25) is 9.88 Å². The fraction of sp³-hybridized carbons (Fsp3) is 0.615. The lowest BCUT2D eigenvalue weighted by Gasteiger charge is -2.34. The van der Waals surface area contributed by atoms with E-state index in [-0.39, 0.29) is 0 Å². The minimum Gasteiger partial charge on any atom is -0.301 e. The average Bonchev–Trinajstić information content (AvgIpc) is 2.32. The Labute approximate surface area is 108 Å². The van der Waals surface area contributed by atoms with Crippen molar-refractivity contribution in [2.24, 2.45) is 0 Å². The van der Waals surface area contributed by atoms with Crippen molar-refractivity contribution in [1.29, 1.82) is 0 Å². The van der Waals surface area contributed by atoms with Crippen molar-refractivity contribution in [3.63, 3.8) is 0 Å². The van der Waals surface area contributed by atoms with Crippen LogP contribution in [0, 0.1) is 0 Å². The number of hydrogen-bond acceptors (Lipinski definition) is 3. The molecule has 4 heteroatoms. The maximum atomic E-state index is 5.96. The number of pyridine rings is 1. The van der Waals surface area contributed by atoms with Crippen LogP contribution in [0.4, 0.5) is 0 Å². The second kappa shape index (κ2) is 6.34. The molecule has 1 aromatic heterocycles.